The number of aryl methyl sites for hydroxylation is 1. The summed E-state index contributed by atoms with van der Waals surface area (Å²) in [4.78, 5) is 2.32. The summed E-state index contributed by atoms with van der Waals surface area (Å²) in [5, 5.41) is 0. The molecule has 1 unspecified atom stereocenters. The van der Waals surface area contributed by atoms with Crippen LogP contribution in [-0.4, -0.2) is 7.05 Å². The van der Waals surface area contributed by atoms with Gasteiger partial charge in [0.25, 0.3) is 0 Å². The van der Waals surface area contributed by atoms with Gasteiger partial charge in [-0.3, -0.25) is 0 Å². The standard InChI is InChI=1S/C15H21N/c1-12-4-8-14(9-5-12)16(3)15-10-6-13(2)7-11-15/h4-5,8-10,13H,6-7,11H2,1-3H3. The monoisotopic (exact) mass is 215 g/mol. The Kier molecular flexibility index (Phi) is 3.33. The lowest BCUT2D eigenvalue weighted by Crippen LogP contribution is -2.19. The molecule has 0 radical (unpaired) electrons. The molecule has 1 nitrogen and oxygen atoms in total. The van der Waals surface area contributed by atoms with Crippen LogP contribution in [0.25, 0.3) is 0 Å². The number of hydrogen-bond acceptors (Lipinski definition) is 1. The quantitative estimate of drug-likeness (QED) is 0.717. The maximum absolute atomic E-state index is 2.40. The van der Waals surface area contributed by atoms with Crippen LogP contribution < -0.4 is 4.90 Å². The molecule has 1 aliphatic carbocycles. The summed E-state index contributed by atoms with van der Waals surface area (Å²) in [5.41, 5.74) is 4.09. The minimum Gasteiger partial charge on any atom is -0.349 e. The summed E-state index contributed by atoms with van der Waals surface area (Å²) < 4.78 is 0. The van der Waals surface area contributed by atoms with Crippen molar-refractivity contribution in [3.05, 3.63) is 41.6 Å². The van der Waals surface area contributed by atoms with Gasteiger partial charge >= 0.3 is 0 Å². The number of anilines is 1. The number of benzene rings is 1. The van der Waals surface area contributed by atoms with Crippen LogP contribution in [0.4, 0.5) is 5.69 Å². The van der Waals surface area contributed by atoms with Crippen molar-refractivity contribution in [2.45, 2.75) is 33.1 Å². The highest BCUT2D eigenvalue weighted by molar-refractivity contribution is 5.52. The third-order valence-corrected chi connectivity index (χ3v) is 3.50. The Bertz CT molecular complexity index is 375. The fourth-order valence-corrected chi connectivity index (χ4v) is 2.19. The van der Waals surface area contributed by atoms with Crippen molar-refractivity contribution in [1.29, 1.82) is 0 Å². The van der Waals surface area contributed by atoms with Gasteiger partial charge in [-0.25, -0.2) is 0 Å². The number of hydrogen-bond donors (Lipinski definition) is 0. The van der Waals surface area contributed by atoms with Gasteiger partial charge in [0, 0.05) is 18.4 Å². The zero-order chi connectivity index (χ0) is 11.5. The summed E-state index contributed by atoms with van der Waals surface area (Å²) in [5.74, 6) is 0.857. The van der Waals surface area contributed by atoms with Crippen molar-refractivity contribution in [3.8, 4) is 0 Å². The minimum absolute atomic E-state index is 0.857. The first-order valence-corrected chi connectivity index (χ1v) is 6.16. The van der Waals surface area contributed by atoms with E-state index in [9.17, 15) is 0 Å². The Morgan fingerprint density at radius 2 is 1.88 bits per heavy atom. The zero-order valence-corrected chi connectivity index (χ0v) is 10.5. The number of nitrogens with zero attached hydrogens (tertiary/aromatic N) is 1. The van der Waals surface area contributed by atoms with Crippen LogP contribution in [0, 0.1) is 12.8 Å². The Morgan fingerprint density at radius 3 is 2.44 bits per heavy atom. The van der Waals surface area contributed by atoms with Crippen molar-refractivity contribution >= 4 is 5.69 Å². The fraction of sp³-hybridized carbons (Fsp3) is 0.467. The van der Waals surface area contributed by atoms with Gasteiger partial charge in [-0.2, -0.15) is 0 Å². The fourth-order valence-electron chi connectivity index (χ4n) is 2.19. The van der Waals surface area contributed by atoms with Crippen LogP contribution in [0.3, 0.4) is 0 Å². The maximum atomic E-state index is 2.40. The molecule has 2 rings (SSSR count). The molecule has 0 spiro atoms. The van der Waals surface area contributed by atoms with Gasteiger partial charge in [0.15, 0.2) is 0 Å². The molecule has 1 aliphatic rings. The predicted molar refractivity (Wildman–Crippen MR) is 70.7 cm³/mol. The lowest BCUT2D eigenvalue weighted by atomic mass is 9.94. The van der Waals surface area contributed by atoms with Gasteiger partial charge < -0.3 is 4.90 Å². The predicted octanol–water partition coefficient (Wildman–Crippen LogP) is 4.14. The molecule has 1 aromatic carbocycles. The lowest BCUT2D eigenvalue weighted by molar-refractivity contribution is 0.509. The second-order valence-corrected chi connectivity index (χ2v) is 4.97. The SMILES string of the molecule is Cc1ccc(N(C)C2=CCC(C)CC2)cc1. The summed E-state index contributed by atoms with van der Waals surface area (Å²) in [7, 11) is 2.17. The minimum atomic E-state index is 0.857. The van der Waals surface area contributed by atoms with E-state index in [1.54, 1.807) is 0 Å². The average Bonchev–Trinajstić information content (AvgIpc) is 2.30. The third kappa shape index (κ3) is 2.46. The van der Waals surface area contributed by atoms with E-state index < -0.39 is 0 Å². The van der Waals surface area contributed by atoms with Crippen LogP contribution in [0.15, 0.2) is 36.0 Å². The molecule has 0 N–H and O–H groups in total. The van der Waals surface area contributed by atoms with Crippen molar-refractivity contribution in [2.24, 2.45) is 5.92 Å². The molecule has 16 heavy (non-hydrogen) atoms. The molecule has 0 bridgehead atoms. The van der Waals surface area contributed by atoms with Crippen molar-refractivity contribution in [2.75, 3.05) is 11.9 Å². The zero-order valence-electron chi connectivity index (χ0n) is 10.5. The van der Waals surface area contributed by atoms with E-state index in [1.807, 2.05) is 0 Å². The van der Waals surface area contributed by atoms with Gasteiger partial charge in [0.1, 0.15) is 0 Å². The Morgan fingerprint density at radius 1 is 1.19 bits per heavy atom. The summed E-state index contributed by atoms with van der Waals surface area (Å²) in [6.07, 6.45) is 6.16. The van der Waals surface area contributed by atoms with E-state index in [-0.39, 0.29) is 0 Å². The normalized spacial score (nSPS) is 20.4. The van der Waals surface area contributed by atoms with Crippen LogP contribution in [0.2, 0.25) is 0 Å². The molecule has 1 aromatic rings. The number of rotatable bonds is 2. The van der Waals surface area contributed by atoms with E-state index in [2.05, 4.69) is 56.1 Å². The highest BCUT2D eigenvalue weighted by Crippen LogP contribution is 2.27. The smallest absolute Gasteiger partial charge is 0.0405 e. The molecule has 1 atom stereocenters. The van der Waals surface area contributed by atoms with Crippen molar-refractivity contribution in [1.82, 2.24) is 0 Å². The first-order valence-electron chi connectivity index (χ1n) is 6.16. The second-order valence-electron chi connectivity index (χ2n) is 4.97. The van der Waals surface area contributed by atoms with Gasteiger partial charge in [0.05, 0.1) is 0 Å². The van der Waals surface area contributed by atoms with Gasteiger partial charge in [-0.15, -0.1) is 0 Å². The highest BCUT2D eigenvalue weighted by atomic mass is 15.1. The highest BCUT2D eigenvalue weighted by Gasteiger charge is 2.13. The first-order chi connectivity index (χ1) is 7.66. The topological polar surface area (TPSA) is 3.24 Å². The Balaban J connectivity index is 2.13. The van der Waals surface area contributed by atoms with Crippen molar-refractivity contribution in [3.63, 3.8) is 0 Å². The molecule has 0 fully saturated rings. The lowest BCUT2D eigenvalue weighted by Gasteiger charge is -2.27. The second kappa shape index (κ2) is 4.73. The van der Waals surface area contributed by atoms with E-state index in [0.29, 0.717) is 0 Å². The molecule has 0 amide bonds. The average molecular weight is 215 g/mol. The van der Waals surface area contributed by atoms with E-state index >= 15 is 0 Å². The van der Waals surface area contributed by atoms with Crippen LogP contribution in [-0.2, 0) is 0 Å². The maximum Gasteiger partial charge on any atom is 0.0405 e. The molecule has 0 aliphatic heterocycles. The molecule has 0 saturated carbocycles. The third-order valence-electron chi connectivity index (χ3n) is 3.50. The Labute approximate surface area is 98.8 Å². The Hall–Kier alpha value is -1.24. The van der Waals surface area contributed by atoms with Crippen LogP contribution >= 0.6 is 0 Å². The largest absolute Gasteiger partial charge is 0.349 e. The van der Waals surface area contributed by atoms with Crippen LogP contribution in [0.1, 0.15) is 31.7 Å². The summed E-state index contributed by atoms with van der Waals surface area (Å²) >= 11 is 0. The summed E-state index contributed by atoms with van der Waals surface area (Å²) in [6.45, 7) is 4.46. The molecule has 0 saturated heterocycles. The summed E-state index contributed by atoms with van der Waals surface area (Å²) in [6, 6.07) is 8.76. The molecule has 0 heterocycles. The molecule has 86 valence electrons. The molecular formula is C15H21N. The van der Waals surface area contributed by atoms with E-state index in [1.165, 1.54) is 36.2 Å². The van der Waals surface area contributed by atoms with Gasteiger partial charge in [-0.1, -0.05) is 30.7 Å². The van der Waals surface area contributed by atoms with Crippen LogP contribution in [0.5, 0.6) is 0 Å². The van der Waals surface area contributed by atoms with Gasteiger partial charge in [-0.05, 0) is 44.2 Å². The molecular weight excluding hydrogens is 194 g/mol. The van der Waals surface area contributed by atoms with E-state index in [0.717, 1.165) is 5.92 Å². The number of allylic oxidation sites excluding steroid dienone is 2. The van der Waals surface area contributed by atoms with Crippen molar-refractivity contribution < 1.29 is 0 Å². The molecule has 1 heteroatoms. The first kappa shape index (κ1) is 11.3. The molecule has 0 aromatic heterocycles. The van der Waals surface area contributed by atoms with Gasteiger partial charge in [0.2, 0.25) is 0 Å². The van der Waals surface area contributed by atoms with E-state index in [4.69, 9.17) is 0 Å².